The maximum absolute atomic E-state index is 12.8. The lowest BCUT2D eigenvalue weighted by Gasteiger charge is -2.34. The summed E-state index contributed by atoms with van der Waals surface area (Å²) in [4.78, 5) is 30.8. The molecule has 0 spiro atoms. The number of halogens is 1. The van der Waals surface area contributed by atoms with Crippen LogP contribution in [0.25, 0.3) is 5.65 Å². The van der Waals surface area contributed by atoms with E-state index in [2.05, 4.69) is 10.1 Å². The standard InChI is InChI=1S/C19H25ClN4O4/c1-19(2,3)28-18(26)23(4)16-9-15(20)22-17-12(10-21-24(16)17)13(25)8-11-6-7-14(11)27-5/h9-11,14H,6-8H2,1-5H3/t11?,14-/m0/s1. The first-order valence-electron chi connectivity index (χ1n) is 9.17. The highest BCUT2D eigenvalue weighted by atomic mass is 35.5. The summed E-state index contributed by atoms with van der Waals surface area (Å²) in [6, 6.07) is 1.51. The van der Waals surface area contributed by atoms with Crippen LogP contribution in [0.5, 0.6) is 0 Å². The molecule has 2 aromatic heterocycles. The quantitative estimate of drug-likeness (QED) is 0.553. The third kappa shape index (κ3) is 4.12. The molecule has 3 rings (SSSR count). The Hall–Kier alpha value is -2.19. The van der Waals surface area contributed by atoms with E-state index in [0.717, 1.165) is 12.8 Å². The van der Waals surface area contributed by atoms with Crippen molar-refractivity contribution in [3.05, 3.63) is 23.0 Å². The van der Waals surface area contributed by atoms with Crippen LogP contribution in [0.2, 0.25) is 5.15 Å². The molecular formula is C19H25ClN4O4. The fraction of sp³-hybridized carbons (Fsp3) is 0.579. The second-order valence-electron chi connectivity index (χ2n) is 8.01. The van der Waals surface area contributed by atoms with E-state index in [1.807, 2.05) is 0 Å². The first-order chi connectivity index (χ1) is 13.1. The van der Waals surface area contributed by atoms with E-state index in [0.29, 0.717) is 23.4 Å². The summed E-state index contributed by atoms with van der Waals surface area (Å²) < 4.78 is 12.2. The van der Waals surface area contributed by atoms with E-state index in [1.165, 1.54) is 21.7 Å². The number of nitrogens with zero attached hydrogens (tertiary/aromatic N) is 4. The largest absolute Gasteiger partial charge is 0.443 e. The molecule has 1 fully saturated rings. The number of ether oxygens (including phenoxy) is 2. The second-order valence-corrected chi connectivity index (χ2v) is 8.40. The maximum Gasteiger partial charge on any atom is 0.415 e. The number of aromatic nitrogens is 3. The number of Topliss-reactive ketones (excluding diaryl/α,β-unsaturated/α-hetero) is 1. The molecule has 0 saturated heterocycles. The third-order valence-corrected chi connectivity index (χ3v) is 5.02. The van der Waals surface area contributed by atoms with Gasteiger partial charge in [0.15, 0.2) is 11.4 Å². The SMILES string of the molecule is CO[C@H]1CCC1CC(=O)c1cnn2c(N(C)C(=O)OC(C)(C)C)cc(Cl)nc12. The Morgan fingerprint density at radius 3 is 2.64 bits per heavy atom. The van der Waals surface area contributed by atoms with Gasteiger partial charge in [0.05, 0.1) is 17.9 Å². The van der Waals surface area contributed by atoms with Crippen LogP contribution in [-0.4, -0.2) is 52.3 Å². The van der Waals surface area contributed by atoms with E-state index < -0.39 is 11.7 Å². The lowest BCUT2D eigenvalue weighted by molar-refractivity contribution is -0.0171. The number of amides is 1. The van der Waals surface area contributed by atoms with Gasteiger partial charge in [0.25, 0.3) is 0 Å². The zero-order valence-corrected chi connectivity index (χ0v) is 17.5. The minimum atomic E-state index is -0.646. The van der Waals surface area contributed by atoms with Crippen LogP contribution < -0.4 is 4.90 Å². The van der Waals surface area contributed by atoms with Crippen LogP contribution in [0, 0.1) is 5.92 Å². The fourth-order valence-electron chi connectivity index (χ4n) is 3.21. The van der Waals surface area contributed by atoms with Gasteiger partial charge in [-0.15, -0.1) is 0 Å². The van der Waals surface area contributed by atoms with Crippen molar-refractivity contribution in [1.82, 2.24) is 14.6 Å². The monoisotopic (exact) mass is 408 g/mol. The molecule has 2 atom stereocenters. The van der Waals surface area contributed by atoms with Crippen molar-refractivity contribution in [1.29, 1.82) is 0 Å². The van der Waals surface area contributed by atoms with E-state index >= 15 is 0 Å². The van der Waals surface area contributed by atoms with Gasteiger partial charge >= 0.3 is 6.09 Å². The molecule has 1 aliphatic carbocycles. The van der Waals surface area contributed by atoms with Crippen molar-refractivity contribution in [2.24, 2.45) is 5.92 Å². The van der Waals surface area contributed by atoms with Gasteiger partial charge in [-0.1, -0.05) is 11.6 Å². The Balaban J connectivity index is 1.90. The number of ketones is 1. The highest BCUT2D eigenvalue weighted by Gasteiger charge is 2.33. The first-order valence-corrected chi connectivity index (χ1v) is 9.55. The summed E-state index contributed by atoms with van der Waals surface area (Å²) in [5.74, 6) is 0.500. The van der Waals surface area contributed by atoms with Crippen molar-refractivity contribution in [3.63, 3.8) is 0 Å². The fourth-order valence-corrected chi connectivity index (χ4v) is 3.39. The normalized spacial score (nSPS) is 19.4. The topological polar surface area (TPSA) is 86.0 Å². The average molecular weight is 409 g/mol. The predicted molar refractivity (Wildman–Crippen MR) is 105 cm³/mol. The number of rotatable bonds is 5. The summed E-state index contributed by atoms with van der Waals surface area (Å²) in [5, 5.41) is 4.42. The molecule has 2 aromatic rings. The molecule has 152 valence electrons. The smallest absolute Gasteiger partial charge is 0.415 e. The van der Waals surface area contributed by atoms with Crippen LogP contribution in [-0.2, 0) is 9.47 Å². The Morgan fingerprint density at radius 2 is 2.07 bits per heavy atom. The van der Waals surface area contributed by atoms with Gasteiger partial charge in [0, 0.05) is 26.6 Å². The van der Waals surface area contributed by atoms with Gasteiger partial charge in [0.1, 0.15) is 16.6 Å². The first kappa shape index (κ1) is 20.5. The summed E-state index contributed by atoms with van der Waals surface area (Å²) in [6.45, 7) is 5.35. The zero-order chi connectivity index (χ0) is 20.6. The average Bonchev–Trinajstić information content (AvgIpc) is 2.99. The lowest BCUT2D eigenvalue weighted by atomic mass is 9.78. The molecule has 1 aliphatic rings. The highest BCUT2D eigenvalue weighted by Crippen LogP contribution is 2.34. The number of fused-ring (bicyclic) bond motifs is 1. The number of methoxy groups -OCH3 is 1. The number of carbonyl (C=O) groups is 2. The molecular weight excluding hydrogens is 384 g/mol. The molecule has 0 N–H and O–H groups in total. The molecule has 1 amide bonds. The third-order valence-electron chi connectivity index (χ3n) is 4.83. The van der Waals surface area contributed by atoms with Gasteiger partial charge in [-0.3, -0.25) is 9.69 Å². The van der Waals surface area contributed by atoms with Crippen molar-refractivity contribution in [2.45, 2.75) is 51.7 Å². The Kier molecular flexibility index (Phi) is 5.63. The number of anilines is 1. The molecule has 0 aliphatic heterocycles. The van der Waals surface area contributed by atoms with Crippen molar-refractivity contribution in [3.8, 4) is 0 Å². The van der Waals surface area contributed by atoms with Crippen LogP contribution in [0.4, 0.5) is 10.6 Å². The van der Waals surface area contributed by atoms with E-state index in [-0.39, 0.29) is 23.0 Å². The van der Waals surface area contributed by atoms with E-state index in [1.54, 1.807) is 34.9 Å². The van der Waals surface area contributed by atoms with Crippen LogP contribution >= 0.6 is 11.6 Å². The van der Waals surface area contributed by atoms with Crippen molar-refractivity contribution < 1.29 is 19.1 Å². The van der Waals surface area contributed by atoms with E-state index in [9.17, 15) is 9.59 Å². The minimum Gasteiger partial charge on any atom is -0.443 e. The van der Waals surface area contributed by atoms with Crippen LogP contribution in [0.15, 0.2) is 12.3 Å². The van der Waals surface area contributed by atoms with Crippen molar-refractivity contribution >= 4 is 34.9 Å². The Morgan fingerprint density at radius 1 is 1.36 bits per heavy atom. The van der Waals surface area contributed by atoms with E-state index in [4.69, 9.17) is 21.1 Å². The van der Waals surface area contributed by atoms with Gasteiger partial charge < -0.3 is 9.47 Å². The minimum absolute atomic E-state index is 0.0672. The van der Waals surface area contributed by atoms with Gasteiger partial charge in [-0.2, -0.15) is 9.61 Å². The van der Waals surface area contributed by atoms with Gasteiger partial charge in [-0.05, 0) is 39.5 Å². The number of hydrogen-bond acceptors (Lipinski definition) is 6. The summed E-state index contributed by atoms with van der Waals surface area (Å²) in [5.41, 5.74) is 0.0481. The molecule has 0 radical (unpaired) electrons. The van der Waals surface area contributed by atoms with Gasteiger partial charge in [-0.25, -0.2) is 9.78 Å². The number of hydrogen-bond donors (Lipinski definition) is 0. The molecule has 0 bridgehead atoms. The molecule has 1 saturated carbocycles. The summed E-state index contributed by atoms with van der Waals surface area (Å²) in [7, 11) is 3.22. The molecule has 8 nitrogen and oxygen atoms in total. The Bertz CT molecular complexity index is 903. The van der Waals surface area contributed by atoms with Crippen LogP contribution in [0.1, 0.15) is 50.4 Å². The predicted octanol–water partition coefficient (Wildman–Crippen LogP) is 3.75. The Labute approximate surface area is 168 Å². The number of carbonyl (C=O) groups excluding carboxylic acids is 2. The maximum atomic E-state index is 12.8. The lowest BCUT2D eigenvalue weighted by Crippen LogP contribution is -2.35. The second kappa shape index (κ2) is 7.67. The molecule has 1 unspecified atom stereocenters. The highest BCUT2D eigenvalue weighted by molar-refractivity contribution is 6.30. The molecule has 28 heavy (non-hydrogen) atoms. The van der Waals surface area contributed by atoms with Gasteiger partial charge in [0.2, 0.25) is 0 Å². The van der Waals surface area contributed by atoms with Crippen molar-refractivity contribution in [2.75, 3.05) is 19.1 Å². The molecule has 0 aromatic carbocycles. The molecule has 9 heteroatoms. The summed E-state index contributed by atoms with van der Waals surface area (Å²) in [6.07, 6.45) is 3.33. The summed E-state index contributed by atoms with van der Waals surface area (Å²) >= 11 is 6.17. The zero-order valence-electron chi connectivity index (χ0n) is 16.7. The van der Waals surface area contributed by atoms with Crippen LogP contribution in [0.3, 0.4) is 0 Å². The molecule has 2 heterocycles.